The van der Waals surface area contributed by atoms with Crippen LogP contribution < -0.4 is 16.2 Å². The second-order valence-corrected chi connectivity index (χ2v) is 5.93. The zero-order valence-corrected chi connectivity index (χ0v) is 13.5. The highest BCUT2D eigenvalue weighted by atomic mass is 16.5. The van der Waals surface area contributed by atoms with Crippen LogP contribution >= 0.6 is 0 Å². The summed E-state index contributed by atoms with van der Waals surface area (Å²) in [6.45, 7) is 0. The van der Waals surface area contributed by atoms with Crippen LogP contribution in [-0.4, -0.2) is 16.7 Å². The highest BCUT2D eigenvalue weighted by molar-refractivity contribution is 6.31. The lowest BCUT2D eigenvalue weighted by atomic mass is 9.82. The first-order valence-corrected chi connectivity index (χ1v) is 7.84. The lowest BCUT2D eigenvalue weighted by Crippen LogP contribution is -2.22. The van der Waals surface area contributed by atoms with E-state index in [1.807, 2.05) is 0 Å². The molecule has 4 rings (SSSR count). The zero-order valence-electron chi connectivity index (χ0n) is 13.5. The van der Waals surface area contributed by atoms with Gasteiger partial charge in [0.2, 0.25) is 0 Å². The van der Waals surface area contributed by atoms with Crippen molar-refractivity contribution in [3.63, 3.8) is 0 Å². The van der Waals surface area contributed by atoms with Crippen molar-refractivity contribution in [3.05, 3.63) is 76.9 Å². The van der Waals surface area contributed by atoms with Gasteiger partial charge in [0, 0.05) is 22.9 Å². The lowest BCUT2D eigenvalue weighted by Gasteiger charge is -2.21. The van der Waals surface area contributed by atoms with E-state index in [1.165, 1.54) is 6.07 Å². The summed E-state index contributed by atoms with van der Waals surface area (Å²) in [5.74, 6) is -0.705. The van der Waals surface area contributed by atoms with Crippen LogP contribution in [0, 0.1) is 0 Å². The number of nitrogens with two attached hydrogens (primary N) is 2. The van der Waals surface area contributed by atoms with Crippen molar-refractivity contribution < 1.29 is 19.4 Å². The van der Waals surface area contributed by atoms with Gasteiger partial charge in [0.15, 0.2) is 17.3 Å². The van der Waals surface area contributed by atoms with Crippen LogP contribution in [-0.2, 0) is 0 Å². The maximum atomic E-state index is 12.9. The Morgan fingerprint density at radius 3 is 2.00 bits per heavy atom. The van der Waals surface area contributed by atoms with Gasteiger partial charge in [-0.05, 0) is 24.3 Å². The summed E-state index contributed by atoms with van der Waals surface area (Å²) in [4.78, 5) is 25.6. The van der Waals surface area contributed by atoms with Crippen LogP contribution in [0.25, 0.3) is 0 Å². The monoisotopic (exact) mass is 346 g/mol. The molecule has 26 heavy (non-hydrogen) atoms. The van der Waals surface area contributed by atoms with Crippen molar-refractivity contribution in [2.24, 2.45) is 0 Å². The van der Waals surface area contributed by atoms with Crippen molar-refractivity contribution in [1.29, 1.82) is 0 Å². The third kappa shape index (κ3) is 2.28. The second-order valence-electron chi connectivity index (χ2n) is 5.93. The first-order chi connectivity index (χ1) is 12.5. The van der Waals surface area contributed by atoms with Crippen molar-refractivity contribution in [2.45, 2.75) is 0 Å². The lowest BCUT2D eigenvalue weighted by molar-refractivity contribution is 0.0977. The number of anilines is 2. The Kier molecular flexibility index (Phi) is 3.40. The summed E-state index contributed by atoms with van der Waals surface area (Å²) < 4.78 is 5.68. The van der Waals surface area contributed by atoms with E-state index < -0.39 is 11.6 Å². The van der Waals surface area contributed by atoms with Gasteiger partial charge < -0.3 is 21.3 Å². The van der Waals surface area contributed by atoms with Crippen LogP contribution in [0.3, 0.4) is 0 Å². The molecule has 0 aromatic heterocycles. The number of fused-ring (bicyclic) bond motifs is 2. The number of ether oxygens (including phenoxy) is 1. The number of aromatic hydroxyl groups is 1. The molecule has 0 spiro atoms. The summed E-state index contributed by atoms with van der Waals surface area (Å²) in [5, 5.41) is 10.4. The molecule has 6 nitrogen and oxygen atoms in total. The first-order valence-electron chi connectivity index (χ1n) is 7.84. The number of ketones is 2. The Morgan fingerprint density at radius 2 is 1.38 bits per heavy atom. The third-order valence-corrected chi connectivity index (χ3v) is 4.29. The summed E-state index contributed by atoms with van der Waals surface area (Å²) in [7, 11) is 0. The molecule has 128 valence electrons. The highest BCUT2D eigenvalue weighted by Gasteiger charge is 2.35. The largest absolute Gasteiger partial charge is 0.507 e. The second kappa shape index (κ2) is 5.63. The number of carbonyl (C=O) groups excluding carboxylic acids is 2. The molecule has 0 aliphatic heterocycles. The van der Waals surface area contributed by atoms with E-state index in [9.17, 15) is 14.7 Å². The van der Waals surface area contributed by atoms with Gasteiger partial charge in [0.1, 0.15) is 11.5 Å². The van der Waals surface area contributed by atoms with E-state index in [4.69, 9.17) is 16.2 Å². The van der Waals surface area contributed by atoms with Gasteiger partial charge in [-0.15, -0.1) is 0 Å². The molecule has 0 bridgehead atoms. The van der Waals surface area contributed by atoms with Gasteiger partial charge in [-0.3, -0.25) is 9.59 Å². The minimum Gasteiger partial charge on any atom is -0.507 e. The number of carbonyl (C=O) groups is 2. The molecule has 0 heterocycles. The van der Waals surface area contributed by atoms with Gasteiger partial charge in [0.25, 0.3) is 0 Å². The van der Waals surface area contributed by atoms with Crippen molar-refractivity contribution in [3.8, 4) is 17.2 Å². The molecule has 0 amide bonds. The molecule has 6 heteroatoms. The number of hydrogen-bond acceptors (Lipinski definition) is 6. The summed E-state index contributed by atoms with van der Waals surface area (Å²) >= 11 is 0. The summed E-state index contributed by atoms with van der Waals surface area (Å²) in [6.07, 6.45) is 0. The smallest absolute Gasteiger partial charge is 0.198 e. The molecule has 0 saturated carbocycles. The van der Waals surface area contributed by atoms with Gasteiger partial charge >= 0.3 is 0 Å². The van der Waals surface area contributed by atoms with Crippen molar-refractivity contribution >= 4 is 22.9 Å². The Balaban J connectivity index is 1.87. The van der Waals surface area contributed by atoms with Gasteiger partial charge in [-0.25, -0.2) is 0 Å². The maximum absolute atomic E-state index is 12.9. The zero-order chi connectivity index (χ0) is 18.4. The fourth-order valence-electron chi connectivity index (χ4n) is 3.02. The maximum Gasteiger partial charge on any atom is 0.198 e. The van der Waals surface area contributed by atoms with Gasteiger partial charge in [0.05, 0.1) is 16.8 Å². The molecule has 0 unspecified atom stereocenters. The van der Waals surface area contributed by atoms with Gasteiger partial charge in [-0.2, -0.15) is 0 Å². The topological polar surface area (TPSA) is 116 Å². The number of hydrogen-bond donors (Lipinski definition) is 3. The number of nitrogen functional groups attached to an aromatic ring is 2. The molecule has 1 aliphatic carbocycles. The molecular weight excluding hydrogens is 332 g/mol. The average molecular weight is 346 g/mol. The van der Waals surface area contributed by atoms with Crippen LogP contribution in [0.4, 0.5) is 11.4 Å². The Labute approximate surface area is 148 Å². The average Bonchev–Trinajstić information content (AvgIpc) is 2.64. The van der Waals surface area contributed by atoms with Crippen LogP contribution in [0.5, 0.6) is 17.2 Å². The number of benzene rings is 3. The quantitative estimate of drug-likeness (QED) is 0.379. The first kappa shape index (κ1) is 15.7. The molecular formula is C20H14N2O4. The number of rotatable bonds is 2. The number of phenolic OH excluding ortho intramolecular Hbond substituents is 1. The fourth-order valence-corrected chi connectivity index (χ4v) is 3.02. The van der Waals surface area contributed by atoms with E-state index >= 15 is 0 Å². The molecule has 0 radical (unpaired) electrons. The molecule has 5 N–H and O–H groups in total. The minimum absolute atomic E-state index is 0.00229. The third-order valence-electron chi connectivity index (χ3n) is 4.29. The predicted octanol–water partition coefficient (Wildman–Crippen LogP) is 3.12. The molecule has 3 aromatic rings. The van der Waals surface area contributed by atoms with Crippen LogP contribution in [0.2, 0.25) is 0 Å². The molecule has 0 atom stereocenters. The van der Waals surface area contributed by atoms with E-state index in [0.717, 1.165) is 0 Å². The summed E-state index contributed by atoms with van der Waals surface area (Å²) in [5.41, 5.74) is 12.7. The highest BCUT2D eigenvalue weighted by Crippen LogP contribution is 2.42. The SMILES string of the molecule is Nc1ccc(Oc2cc(O)c3c(c2N)C(=O)c2ccccc2C3=O)cc1. The minimum atomic E-state index is -0.446. The van der Waals surface area contributed by atoms with E-state index in [1.54, 1.807) is 48.5 Å². The van der Waals surface area contributed by atoms with E-state index in [2.05, 4.69) is 0 Å². The molecule has 1 aliphatic rings. The Hall–Kier alpha value is -3.80. The summed E-state index contributed by atoms with van der Waals surface area (Å²) in [6, 6.07) is 14.2. The van der Waals surface area contributed by atoms with Gasteiger partial charge in [-0.1, -0.05) is 24.3 Å². The van der Waals surface area contributed by atoms with Crippen molar-refractivity contribution in [1.82, 2.24) is 0 Å². The van der Waals surface area contributed by atoms with Crippen LogP contribution in [0.1, 0.15) is 31.8 Å². The molecule has 3 aromatic carbocycles. The predicted molar refractivity (Wildman–Crippen MR) is 96.8 cm³/mol. The van der Waals surface area contributed by atoms with E-state index in [-0.39, 0.29) is 39.4 Å². The number of phenols is 1. The Morgan fingerprint density at radius 1 is 0.808 bits per heavy atom. The fraction of sp³-hybridized carbons (Fsp3) is 0. The van der Waals surface area contributed by atoms with Crippen LogP contribution in [0.15, 0.2) is 54.6 Å². The standard InChI is InChI=1S/C20H14N2O4/c21-10-5-7-11(8-6-10)26-15-9-14(23)16-17(18(15)22)20(25)13-4-2-1-3-12(13)19(16)24/h1-9,23H,21-22H2. The normalized spacial score (nSPS) is 12.5. The Bertz CT molecular complexity index is 1070. The van der Waals surface area contributed by atoms with Crippen molar-refractivity contribution in [2.75, 3.05) is 11.5 Å². The van der Waals surface area contributed by atoms with E-state index in [0.29, 0.717) is 11.4 Å². The molecule has 0 saturated heterocycles. The molecule has 0 fully saturated rings.